The van der Waals surface area contributed by atoms with Gasteiger partial charge in [0.05, 0.1) is 0 Å². The molecule has 120 valence electrons. The van der Waals surface area contributed by atoms with Gasteiger partial charge in [0.25, 0.3) is 6.47 Å². The summed E-state index contributed by atoms with van der Waals surface area (Å²) in [5.74, 6) is 0. The van der Waals surface area contributed by atoms with Gasteiger partial charge in [-0.05, 0) is 0 Å². The average molecular weight is 331 g/mol. The number of hydrogen-bond donors (Lipinski definition) is 6. The minimum atomic E-state index is -5.02. The molecule has 0 aliphatic carbocycles. The predicted octanol–water partition coefficient (Wildman–Crippen LogP) is -1.30. The van der Waals surface area contributed by atoms with Crippen LogP contribution in [-0.2, 0) is 34.3 Å². The van der Waals surface area contributed by atoms with Gasteiger partial charge in [0, 0.05) is 6.54 Å². The van der Waals surface area contributed by atoms with Crippen LogP contribution in [0.25, 0.3) is 0 Å². The Labute approximate surface area is 110 Å². The van der Waals surface area contributed by atoms with Gasteiger partial charge in [0.1, 0.15) is 0 Å². The second-order valence-corrected chi connectivity index (χ2v) is 3.60. The molecule has 0 fully saturated rings. The molecule has 0 aliphatic rings. The van der Waals surface area contributed by atoms with Crippen molar-refractivity contribution in [3.05, 3.63) is 12.7 Å². The Balaban J connectivity index is -0.0000000618. The van der Waals surface area contributed by atoms with Gasteiger partial charge in [-0.2, -0.15) is 16.8 Å². The van der Waals surface area contributed by atoms with E-state index in [1.807, 2.05) is 0 Å². The molecule has 13 nitrogen and oxygen atoms in total. The smallest absolute Gasteiger partial charge is 0.425 e. The number of carboxylic acid groups (broad SMARTS) is 1. The van der Waals surface area contributed by atoms with Crippen LogP contribution >= 0.6 is 0 Å². The Kier molecular flexibility index (Phi) is 27.2. The van der Waals surface area contributed by atoms with Crippen molar-refractivity contribution < 1.29 is 44.5 Å². The van der Waals surface area contributed by atoms with Crippen LogP contribution < -0.4 is 18.0 Å². The van der Waals surface area contributed by atoms with Gasteiger partial charge in [0.15, 0.2) is 0 Å². The molecule has 0 radical (unpaired) electrons. The molecule has 0 amide bonds. The molecule has 0 rings (SSSR count). The highest BCUT2D eigenvalue weighted by Crippen LogP contribution is 1.92. The molecule has 15 heteroatoms. The average Bonchev–Trinajstić information content (AvgIpc) is 2.15. The Morgan fingerprint density at radius 1 is 1.05 bits per heavy atom. The zero-order chi connectivity index (χ0) is 14.5. The van der Waals surface area contributed by atoms with Crippen molar-refractivity contribution in [1.29, 1.82) is 0 Å². The monoisotopic (exact) mass is 331 g/mol. The lowest BCUT2D eigenvalue weighted by atomic mass is 10.7. The summed E-state index contributed by atoms with van der Waals surface area (Å²) in [7, 11) is -10.0. The van der Waals surface area contributed by atoms with E-state index in [0.717, 1.165) is 0 Å². The number of nitrogens with two attached hydrogens (primary N) is 1. The van der Waals surface area contributed by atoms with Gasteiger partial charge < -0.3 is 23.1 Å². The number of carbonyl (C=O) groups is 1. The van der Waals surface area contributed by atoms with Crippen LogP contribution in [0.4, 0.5) is 0 Å². The zero-order valence-corrected chi connectivity index (χ0v) is 11.2. The van der Waals surface area contributed by atoms with Crippen LogP contribution in [0.15, 0.2) is 12.7 Å². The van der Waals surface area contributed by atoms with Crippen LogP contribution in [-0.4, -0.2) is 44.1 Å². The van der Waals surface area contributed by atoms with Crippen molar-refractivity contribution in [3.63, 3.8) is 0 Å². The number of rotatable bonds is 4. The molecule has 0 bridgehead atoms. The molecule has 0 saturated heterocycles. The van der Waals surface area contributed by atoms with E-state index in [0.29, 0.717) is 6.54 Å². The molecule has 11 N–H and O–H groups in total. The van der Waals surface area contributed by atoms with Gasteiger partial charge in [-0.25, -0.2) is 0 Å². The van der Waals surface area contributed by atoms with Crippen LogP contribution in [0.1, 0.15) is 0 Å². The van der Waals surface area contributed by atoms with E-state index >= 15 is 0 Å². The molecule has 0 aromatic heterocycles. The van der Waals surface area contributed by atoms with Gasteiger partial charge >= 0.3 is 20.8 Å². The molecule has 0 aliphatic heterocycles. The second-order valence-electron chi connectivity index (χ2n) is 1.62. The van der Waals surface area contributed by atoms with Crippen LogP contribution in [0, 0.1) is 0 Å². The Hall–Kier alpha value is -1.17. The maximum Gasteiger partial charge on any atom is 0.425 e. The fourth-order valence-corrected chi connectivity index (χ4v) is 0.632. The van der Waals surface area contributed by atoms with E-state index in [1.54, 1.807) is 6.08 Å². The molecule has 0 aromatic carbocycles. The normalized spacial score (nSPS) is 9.00. The highest BCUT2D eigenvalue weighted by molar-refractivity contribution is 7.83. The number of hydrogen-bond acceptors (Lipinski definition) is 10. The van der Waals surface area contributed by atoms with E-state index in [2.05, 4.69) is 15.2 Å². The third-order valence-electron chi connectivity index (χ3n) is 0.366. The van der Waals surface area contributed by atoms with Gasteiger partial charge in [-0.15, -0.1) is 6.58 Å². The predicted molar refractivity (Wildman–Crippen MR) is 63.3 cm³/mol. The van der Waals surface area contributed by atoms with Crippen molar-refractivity contribution in [1.82, 2.24) is 12.3 Å². The van der Waals surface area contributed by atoms with Gasteiger partial charge in [-0.3, -0.25) is 13.9 Å². The highest BCUT2D eigenvalue weighted by atomic mass is 32.3. The molecular formula is C4H17N3O10S2. The lowest BCUT2D eigenvalue weighted by Crippen LogP contribution is -2.10. The lowest BCUT2D eigenvalue weighted by Gasteiger charge is -1.92. The summed E-state index contributed by atoms with van der Waals surface area (Å²) in [4.78, 5) is 8.36. The Morgan fingerprint density at radius 2 is 1.21 bits per heavy atom. The maximum absolute atomic E-state index is 9.51. The first-order valence-corrected chi connectivity index (χ1v) is 5.98. The molecule has 0 aromatic rings. The first kappa shape index (κ1) is 30.7. The zero-order valence-electron chi connectivity index (χ0n) is 9.58. The maximum atomic E-state index is 9.51. The van der Waals surface area contributed by atoms with Crippen molar-refractivity contribution in [2.75, 3.05) is 6.54 Å². The summed E-state index contributed by atoms with van der Waals surface area (Å²) >= 11 is 0. The SMILES string of the molecule is C=CCN.N.N.O=CO.O=S(=O)(O)OOS(=O)(=O)O. The largest absolute Gasteiger partial charge is 0.483 e. The topological polar surface area (TPSA) is 261 Å². The fourth-order valence-electron chi connectivity index (χ4n) is 0.0702. The summed E-state index contributed by atoms with van der Waals surface area (Å²) in [6, 6.07) is 0. The van der Waals surface area contributed by atoms with Crippen LogP contribution in [0.5, 0.6) is 0 Å². The summed E-state index contributed by atoms with van der Waals surface area (Å²) in [5, 5.41) is 6.89. The minimum absolute atomic E-state index is 0. The second kappa shape index (κ2) is 16.8. The fraction of sp³-hybridized carbons (Fsp3) is 0.250. The van der Waals surface area contributed by atoms with Gasteiger partial charge in [-0.1, -0.05) is 14.7 Å². The standard InChI is InChI=1S/C3H7N.CH2O2.2H3N.H2O8S2/c1-2-3-4;2-1-3;;;1-9(2,3)7-8-10(4,5)6/h2H,1,3-4H2;1H,(H,2,3);2*1H3;(H,1,2,3)(H,4,5,6). The molecule has 0 heterocycles. The lowest BCUT2D eigenvalue weighted by molar-refractivity contribution is -0.122. The molecular weight excluding hydrogens is 314 g/mol. The van der Waals surface area contributed by atoms with Crippen molar-refractivity contribution >= 4 is 27.3 Å². The molecule has 0 saturated carbocycles. The summed E-state index contributed by atoms with van der Waals surface area (Å²) in [5.41, 5.74) is 4.91. The molecule has 19 heavy (non-hydrogen) atoms. The Morgan fingerprint density at radius 3 is 1.26 bits per heavy atom. The van der Waals surface area contributed by atoms with Crippen LogP contribution in [0.2, 0.25) is 0 Å². The quantitative estimate of drug-likeness (QED) is 0.115. The van der Waals surface area contributed by atoms with Crippen molar-refractivity contribution in [2.45, 2.75) is 0 Å². The summed E-state index contributed by atoms with van der Waals surface area (Å²) < 4.78 is 58.9. The molecule has 0 atom stereocenters. The minimum Gasteiger partial charge on any atom is -0.483 e. The summed E-state index contributed by atoms with van der Waals surface area (Å²) in [6.07, 6.45) is 1.65. The highest BCUT2D eigenvalue weighted by Gasteiger charge is 2.13. The van der Waals surface area contributed by atoms with Gasteiger partial charge in [0.2, 0.25) is 0 Å². The summed E-state index contributed by atoms with van der Waals surface area (Å²) in [6.45, 7) is 3.69. The molecule has 0 unspecified atom stereocenters. The van der Waals surface area contributed by atoms with Crippen molar-refractivity contribution in [3.8, 4) is 0 Å². The van der Waals surface area contributed by atoms with Crippen LogP contribution in [0.3, 0.4) is 0 Å². The third kappa shape index (κ3) is 79.3. The first-order chi connectivity index (χ1) is 7.54. The first-order valence-electron chi connectivity index (χ1n) is 3.25. The third-order valence-corrected chi connectivity index (χ3v) is 0.933. The van der Waals surface area contributed by atoms with Crippen molar-refractivity contribution in [2.24, 2.45) is 5.73 Å². The van der Waals surface area contributed by atoms with E-state index < -0.39 is 20.8 Å². The van der Waals surface area contributed by atoms with E-state index in [9.17, 15) is 16.8 Å². The van der Waals surface area contributed by atoms with E-state index in [4.69, 9.17) is 24.7 Å². The Bertz CT molecular complexity index is 357. The molecule has 0 spiro atoms. The van der Waals surface area contributed by atoms with E-state index in [-0.39, 0.29) is 18.8 Å². The van der Waals surface area contributed by atoms with E-state index in [1.165, 1.54) is 0 Å².